The van der Waals surface area contributed by atoms with E-state index in [1.165, 1.54) is 31.4 Å². The second-order valence-corrected chi connectivity index (χ2v) is 5.79. The van der Waals surface area contributed by atoms with Crippen molar-refractivity contribution in [2.45, 2.75) is 57.0 Å². The Hall–Kier alpha value is -0.480. The van der Waals surface area contributed by atoms with Crippen molar-refractivity contribution in [1.29, 1.82) is 0 Å². The van der Waals surface area contributed by atoms with Crippen molar-refractivity contribution in [3.8, 4) is 0 Å². The van der Waals surface area contributed by atoms with Crippen LogP contribution in [0.25, 0.3) is 0 Å². The maximum absolute atomic E-state index is 4.21. The normalized spacial score (nSPS) is 25.1. The number of imidazole rings is 1. The van der Waals surface area contributed by atoms with E-state index in [1.54, 1.807) is 0 Å². The molecular weight excluding hydrogens is 230 g/mol. The first-order chi connectivity index (χ1) is 8.35. The van der Waals surface area contributed by atoms with Crippen LogP contribution in [-0.4, -0.2) is 27.1 Å². The van der Waals surface area contributed by atoms with Crippen LogP contribution in [0.5, 0.6) is 0 Å². The zero-order valence-electron chi connectivity index (χ0n) is 10.9. The van der Waals surface area contributed by atoms with Gasteiger partial charge in [0.25, 0.3) is 0 Å². The van der Waals surface area contributed by atoms with Gasteiger partial charge in [0, 0.05) is 30.6 Å². The molecule has 1 saturated carbocycles. The largest absolute Gasteiger partial charge is 0.334 e. The van der Waals surface area contributed by atoms with Gasteiger partial charge in [0.1, 0.15) is 0 Å². The van der Waals surface area contributed by atoms with E-state index in [-0.39, 0.29) is 0 Å². The monoisotopic (exact) mass is 253 g/mol. The molecule has 3 nitrogen and oxygen atoms in total. The number of hydrogen-bond acceptors (Lipinski definition) is 3. The number of nitrogens with zero attached hydrogens (tertiary/aromatic N) is 2. The molecule has 2 rings (SSSR count). The Bertz CT molecular complexity index is 337. The quantitative estimate of drug-likeness (QED) is 0.875. The second-order valence-electron chi connectivity index (χ2n) is 4.72. The first kappa shape index (κ1) is 13.0. The van der Waals surface area contributed by atoms with Crippen molar-refractivity contribution in [3.05, 3.63) is 18.2 Å². The summed E-state index contributed by atoms with van der Waals surface area (Å²) in [5, 5.41) is 4.51. The zero-order chi connectivity index (χ0) is 12.1. The van der Waals surface area contributed by atoms with E-state index in [0.29, 0.717) is 6.04 Å². The third kappa shape index (κ3) is 3.26. The van der Waals surface area contributed by atoms with E-state index in [1.807, 2.05) is 24.3 Å². The molecule has 0 aromatic carbocycles. The molecule has 96 valence electrons. The van der Waals surface area contributed by atoms with E-state index < -0.39 is 0 Å². The third-order valence-electron chi connectivity index (χ3n) is 3.69. The maximum Gasteiger partial charge on any atom is 0.0948 e. The summed E-state index contributed by atoms with van der Waals surface area (Å²) in [5.74, 6) is 0. The summed E-state index contributed by atoms with van der Waals surface area (Å²) in [6.45, 7) is 4.12. The molecule has 0 amide bonds. The summed E-state index contributed by atoms with van der Waals surface area (Å²) in [5.41, 5.74) is 1.30. The van der Waals surface area contributed by atoms with Crippen molar-refractivity contribution in [3.63, 3.8) is 0 Å². The molecule has 1 fully saturated rings. The van der Waals surface area contributed by atoms with E-state index in [4.69, 9.17) is 0 Å². The zero-order valence-corrected chi connectivity index (χ0v) is 11.7. The molecule has 1 heterocycles. The average molecular weight is 253 g/mol. The Balaban J connectivity index is 1.88. The Morgan fingerprint density at radius 2 is 2.29 bits per heavy atom. The lowest BCUT2D eigenvalue weighted by Crippen LogP contribution is -2.40. The minimum Gasteiger partial charge on any atom is -0.334 e. The number of thioether (sulfide) groups is 1. The molecule has 1 N–H and O–H groups in total. The van der Waals surface area contributed by atoms with E-state index in [2.05, 4.69) is 28.0 Å². The molecule has 1 aliphatic rings. The van der Waals surface area contributed by atoms with Gasteiger partial charge >= 0.3 is 0 Å². The molecule has 0 radical (unpaired) electrons. The summed E-state index contributed by atoms with van der Waals surface area (Å²) in [4.78, 5) is 4.21. The molecule has 17 heavy (non-hydrogen) atoms. The highest BCUT2D eigenvalue weighted by Gasteiger charge is 2.23. The first-order valence-electron chi connectivity index (χ1n) is 6.60. The molecule has 0 spiro atoms. The standard InChI is InChI=1S/C13H23N3S/c1-3-16-10-14-8-11(16)9-15-12-6-4-5-7-13(12)17-2/h8,10,12-13,15H,3-7,9H2,1-2H3. The number of aromatic nitrogens is 2. The Kier molecular flexibility index (Phi) is 4.92. The van der Waals surface area contributed by atoms with E-state index in [9.17, 15) is 0 Å². The fourth-order valence-electron chi connectivity index (χ4n) is 2.63. The van der Waals surface area contributed by atoms with Crippen LogP contribution in [0.3, 0.4) is 0 Å². The number of rotatable bonds is 5. The number of nitrogens with one attached hydrogen (secondary N) is 1. The summed E-state index contributed by atoms with van der Waals surface area (Å²) in [6, 6.07) is 0.680. The molecule has 1 aliphatic carbocycles. The molecule has 0 bridgehead atoms. The van der Waals surface area contributed by atoms with Crippen LogP contribution < -0.4 is 5.32 Å². The van der Waals surface area contributed by atoms with Crippen LogP contribution >= 0.6 is 11.8 Å². The molecule has 2 unspecified atom stereocenters. The van der Waals surface area contributed by atoms with Gasteiger partial charge in [-0.3, -0.25) is 0 Å². The predicted molar refractivity (Wildman–Crippen MR) is 74.3 cm³/mol. The van der Waals surface area contributed by atoms with Crippen LogP contribution in [0.4, 0.5) is 0 Å². The molecular formula is C13H23N3S. The molecule has 1 aromatic rings. The van der Waals surface area contributed by atoms with Crippen LogP contribution in [0.2, 0.25) is 0 Å². The maximum atomic E-state index is 4.21. The Morgan fingerprint density at radius 3 is 3.06 bits per heavy atom. The third-order valence-corrected chi connectivity index (χ3v) is 4.86. The van der Waals surface area contributed by atoms with Gasteiger partial charge in [0.05, 0.1) is 12.0 Å². The van der Waals surface area contributed by atoms with Crippen LogP contribution in [0.15, 0.2) is 12.5 Å². The van der Waals surface area contributed by atoms with Crippen LogP contribution in [-0.2, 0) is 13.1 Å². The topological polar surface area (TPSA) is 29.9 Å². The molecule has 0 aliphatic heterocycles. The van der Waals surface area contributed by atoms with Gasteiger partial charge in [-0.15, -0.1) is 0 Å². The van der Waals surface area contributed by atoms with E-state index in [0.717, 1.165) is 18.3 Å². The predicted octanol–water partition coefficient (Wildman–Crippen LogP) is 2.67. The van der Waals surface area contributed by atoms with Crippen molar-refractivity contribution in [1.82, 2.24) is 14.9 Å². The highest BCUT2D eigenvalue weighted by atomic mass is 32.2. The number of hydrogen-bond donors (Lipinski definition) is 1. The fourth-order valence-corrected chi connectivity index (χ4v) is 3.59. The summed E-state index contributed by atoms with van der Waals surface area (Å²) < 4.78 is 2.21. The lowest BCUT2D eigenvalue weighted by Gasteiger charge is -2.31. The van der Waals surface area contributed by atoms with Gasteiger partial charge in [0.15, 0.2) is 0 Å². The smallest absolute Gasteiger partial charge is 0.0948 e. The van der Waals surface area contributed by atoms with Gasteiger partial charge in [-0.1, -0.05) is 12.8 Å². The summed E-state index contributed by atoms with van der Waals surface area (Å²) >= 11 is 2.02. The van der Waals surface area contributed by atoms with Gasteiger partial charge in [0.2, 0.25) is 0 Å². The van der Waals surface area contributed by atoms with E-state index >= 15 is 0 Å². The second kappa shape index (κ2) is 6.45. The SMILES string of the molecule is CCn1cncc1CNC1CCCCC1SC. The molecule has 4 heteroatoms. The van der Waals surface area contributed by atoms with Crippen molar-refractivity contribution < 1.29 is 0 Å². The van der Waals surface area contributed by atoms with Gasteiger partial charge in [-0.2, -0.15) is 11.8 Å². The Morgan fingerprint density at radius 1 is 1.47 bits per heavy atom. The minimum absolute atomic E-state index is 0.680. The van der Waals surface area contributed by atoms with Gasteiger partial charge in [-0.05, 0) is 26.0 Å². The summed E-state index contributed by atoms with van der Waals surface area (Å²) in [7, 11) is 0. The van der Waals surface area contributed by atoms with Crippen molar-refractivity contribution >= 4 is 11.8 Å². The Labute approximate surface area is 108 Å². The van der Waals surface area contributed by atoms with Gasteiger partial charge in [-0.25, -0.2) is 4.98 Å². The highest BCUT2D eigenvalue weighted by Crippen LogP contribution is 2.27. The first-order valence-corrected chi connectivity index (χ1v) is 7.89. The minimum atomic E-state index is 0.680. The van der Waals surface area contributed by atoms with Crippen LogP contribution in [0, 0.1) is 0 Å². The van der Waals surface area contributed by atoms with Crippen molar-refractivity contribution in [2.75, 3.05) is 6.26 Å². The fraction of sp³-hybridized carbons (Fsp3) is 0.769. The van der Waals surface area contributed by atoms with Gasteiger partial charge < -0.3 is 9.88 Å². The highest BCUT2D eigenvalue weighted by molar-refractivity contribution is 7.99. The molecule has 1 aromatic heterocycles. The lowest BCUT2D eigenvalue weighted by atomic mass is 9.95. The average Bonchev–Trinajstić information content (AvgIpc) is 2.84. The molecule has 0 saturated heterocycles. The summed E-state index contributed by atoms with van der Waals surface area (Å²) in [6.07, 6.45) is 11.6. The lowest BCUT2D eigenvalue weighted by molar-refractivity contribution is 0.379. The molecule has 2 atom stereocenters. The number of aryl methyl sites for hydroxylation is 1. The van der Waals surface area contributed by atoms with Crippen LogP contribution in [0.1, 0.15) is 38.3 Å². The van der Waals surface area contributed by atoms with Crippen molar-refractivity contribution in [2.24, 2.45) is 0 Å².